The van der Waals surface area contributed by atoms with Crippen LogP contribution in [0, 0.1) is 0 Å². The minimum Gasteiger partial charge on any atom is -0.491 e. The van der Waals surface area contributed by atoms with Crippen molar-refractivity contribution in [3.8, 4) is 17.1 Å². The summed E-state index contributed by atoms with van der Waals surface area (Å²) >= 11 is 13.6. The average molecular weight is 447 g/mol. The lowest BCUT2D eigenvalue weighted by Gasteiger charge is -2.10. The minimum atomic E-state index is 0.460. The SMILES string of the molecule is Clc1ccc(OCCSc2nnc(-c3cccnc3)n2Cc2ccco2)c(Cl)c1. The standard InChI is InChI=1S/C20H16Cl2N4O2S/c21-15-5-6-18(17(22)11-15)28-9-10-29-20-25-24-19(14-3-1-7-23-12-14)26(20)13-16-4-2-8-27-16/h1-8,11-12H,9-10,13H2. The van der Waals surface area contributed by atoms with E-state index in [2.05, 4.69) is 15.2 Å². The number of ether oxygens (including phenoxy) is 1. The Bertz CT molecular complexity index is 1070. The third-order valence-corrected chi connectivity index (χ3v) is 5.46. The van der Waals surface area contributed by atoms with Gasteiger partial charge < -0.3 is 9.15 Å². The summed E-state index contributed by atoms with van der Waals surface area (Å²) in [4.78, 5) is 4.18. The van der Waals surface area contributed by atoms with Crippen molar-refractivity contribution in [2.45, 2.75) is 11.7 Å². The summed E-state index contributed by atoms with van der Waals surface area (Å²) in [5.41, 5.74) is 0.891. The molecular weight excluding hydrogens is 431 g/mol. The van der Waals surface area contributed by atoms with Gasteiger partial charge in [-0.3, -0.25) is 9.55 Å². The monoisotopic (exact) mass is 446 g/mol. The molecule has 0 aliphatic heterocycles. The highest BCUT2D eigenvalue weighted by molar-refractivity contribution is 7.99. The Morgan fingerprint density at radius 3 is 2.79 bits per heavy atom. The van der Waals surface area contributed by atoms with Crippen LogP contribution in [0.5, 0.6) is 5.75 Å². The van der Waals surface area contributed by atoms with E-state index in [0.29, 0.717) is 34.7 Å². The Balaban J connectivity index is 1.47. The maximum atomic E-state index is 6.14. The predicted molar refractivity (Wildman–Crippen MR) is 114 cm³/mol. The second-order valence-electron chi connectivity index (χ2n) is 5.99. The molecule has 0 saturated heterocycles. The van der Waals surface area contributed by atoms with Crippen LogP contribution in [0.25, 0.3) is 11.4 Å². The van der Waals surface area contributed by atoms with Crippen LogP contribution >= 0.6 is 35.0 Å². The van der Waals surface area contributed by atoms with E-state index in [1.807, 2.05) is 28.8 Å². The van der Waals surface area contributed by atoms with Gasteiger partial charge in [-0.2, -0.15) is 0 Å². The number of pyridine rings is 1. The van der Waals surface area contributed by atoms with Gasteiger partial charge >= 0.3 is 0 Å². The largest absolute Gasteiger partial charge is 0.491 e. The summed E-state index contributed by atoms with van der Waals surface area (Å²) in [7, 11) is 0. The van der Waals surface area contributed by atoms with Gasteiger partial charge in [0.05, 0.1) is 24.4 Å². The number of thioether (sulfide) groups is 1. The number of rotatable bonds is 8. The molecule has 0 bridgehead atoms. The lowest BCUT2D eigenvalue weighted by Crippen LogP contribution is -2.06. The fourth-order valence-electron chi connectivity index (χ4n) is 2.68. The molecule has 148 valence electrons. The number of furan rings is 1. The number of hydrogen-bond acceptors (Lipinski definition) is 6. The fraction of sp³-hybridized carbons (Fsp3) is 0.150. The van der Waals surface area contributed by atoms with Crippen LogP contribution in [-0.4, -0.2) is 32.1 Å². The molecule has 6 nitrogen and oxygen atoms in total. The van der Waals surface area contributed by atoms with Gasteiger partial charge in [0.25, 0.3) is 0 Å². The van der Waals surface area contributed by atoms with E-state index in [1.165, 1.54) is 0 Å². The van der Waals surface area contributed by atoms with Gasteiger partial charge in [-0.1, -0.05) is 35.0 Å². The van der Waals surface area contributed by atoms with Crippen molar-refractivity contribution in [2.24, 2.45) is 0 Å². The fourth-order valence-corrected chi connectivity index (χ4v) is 3.90. The smallest absolute Gasteiger partial charge is 0.192 e. The Morgan fingerprint density at radius 1 is 1.10 bits per heavy atom. The van der Waals surface area contributed by atoms with Crippen molar-refractivity contribution < 1.29 is 9.15 Å². The molecule has 29 heavy (non-hydrogen) atoms. The molecule has 4 aromatic rings. The highest BCUT2D eigenvalue weighted by Gasteiger charge is 2.16. The van der Waals surface area contributed by atoms with E-state index in [0.717, 1.165) is 22.3 Å². The average Bonchev–Trinajstić information content (AvgIpc) is 3.38. The number of hydrogen-bond donors (Lipinski definition) is 0. The number of nitrogens with zero attached hydrogens (tertiary/aromatic N) is 4. The number of aromatic nitrogens is 4. The van der Waals surface area contributed by atoms with E-state index in [1.54, 1.807) is 48.6 Å². The molecule has 0 atom stereocenters. The molecule has 0 saturated carbocycles. The third kappa shape index (κ3) is 4.93. The van der Waals surface area contributed by atoms with Crippen LogP contribution in [0.15, 0.2) is 70.7 Å². The molecule has 4 rings (SSSR count). The lowest BCUT2D eigenvalue weighted by atomic mass is 10.2. The van der Waals surface area contributed by atoms with E-state index >= 15 is 0 Å². The highest BCUT2D eigenvalue weighted by atomic mass is 35.5. The van der Waals surface area contributed by atoms with E-state index in [9.17, 15) is 0 Å². The summed E-state index contributed by atoms with van der Waals surface area (Å²) in [5.74, 6) is 2.83. The quantitative estimate of drug-likeness (QED) is 0.264. The molecule has 0 amide bonds. The molecule has 0 unspecified atom stereocenters. The summed E-state index contributed by atoms with van der Waals surface area (Å²) in [5, 5.41) is 10.5. The number of benzene rings is 1. The molecule has 9 heteroatoms. The molecule has 0 radical (unpaired) electrons. The van der Waals surface area contributed by atoms with E-state index in [-0.39, 0.29) is 0 Å². The topological polar surface area (TPSA) is 66.0 Å². The Labute approximate surface area is 181 Å². The molecule has 0 aliphatic carbocycles. The Morgan fingerprint density at radius 2 is 2.03 bits per heavy atom. The van der Waals surface area contributed by atoms with Crippen LogP contribution in [-0.2, 0) is 6.54 Å². The molecule has 0 spiro atoms. The zero-order chi connectivity index (χ0) is 20.1. The first-order valence-electron chi connectivity index (χ1n) is 8.77. The van der Waals surface area contributed by atoms with Crippen LogP contribution in [0.1, 0.15) is 5.76 Å². The third-order valence-electron chi connectivity index (χ3n) is 4.00. The van der Waals surface area contributed by atoms with Gasteiger partial charge in [0.2, 0.25) is 0 Å². The van der Waals surface area contributed by atoms with Gasteiger partial charge in [0, 0.05) is 28.7 Å². The maximum absolute atomic E-state index is 6.14. The molecule has 0 fully saturated rings. The van der Waals surface area contributed by atoms with Crippen molar-refractivity contribution in [3.05, 3.63) is 76.9 Å². The van der Waals surface area contributed by atoms with Crippen LogP contribution in [0.4, 0.5) is 0 Å². The van der Waals surface area contributed by atoms with Crippen molar-refractivity contribution in [3.63, 3.8) is 0 Å². The second kappa shape index (κ2) is 9.35. The van der Waals surface area contributed by atoms with Crippen LogP contribution in [0.3, 0.4) is 0 Å². The first-order valence-corrected chi connectivity index (χ1v) is 10.5. The first kappa shape index (κ1) is 19.8. The normalized spacial score (nSPS) is 11.0. The maximum Gasteiger partial charge on any atom is 0.192 e. The lowest BCUT2D eigenvalue weighted by molar-refractivity contribution is 0.344. The van der Waals surface area contributed by atoms with Gasteiger partial charge in [-0.25, -0.2) is 0 Å². The van der Waals surface area contributed by atoms with Gasteiger partial charge in [-0.15, -0.1) is 10.2 Å². The minimum absolute atomic E-state index is 0.460. The molecular formula is C20H16Cl2N4O2S. The second-order valence-corrected chi connectivity index (χ2v) is 7.89. The Kier molecular flexibility index (Phi) is 6.39. The summed E-state index contributed by atoms with van der Waals surface area (Å²) < 4.78 is 13.3. The zero-order valence-electron chi connectivity index (χ0n) is 15.2. The van der Waals surface area contributed by atoms with Crippen molar-refractivity contribution >= 4 is 35.0 Å². The van der Waals surface area contributed by atoms with Gasteiger partial charge in [-0.05, 0) is 42.5 Å². The van der Waals surface area contributed by atoms with E-state index < -0.39 is 0 Å². The van der Waals surface area contributed by atoms with Crippen molar-refractivity contribution in [2.75, 3.05) is 12.4 Å². The van der Waals surface area contributed by atoms with Crippen molar-refractivity contribution in [1.29, 1.82) is 0 Å². The number of halogens is 2. The molecule has 1 aromatic carbocycles. The first-order chi connectivity index (χ1) is 14.2. The highest BCUT2D eigenvalue weighted by Crippen LogP contribution is 2.28. The summed E-state index contributed by atoms with van der Waals surface area (Å²) in [6, 6.07) is 12.8. The molecule has 0 aliphatic rings. The predicted octanol–water partition coefficient (Wildman–Crippen LogP) is 5.46. The molecule has 3 aromatic heterocycles. The molecule has 3 heterocycles. The zero-order valence-corrected chi connectivity index (χ0v) is 17.5. The van der Waals surface area contributed by atoms with E-state index in [4.69, 9.17) is 32.4 Å². The van der Waals surface area contributed by atoms with Crippen LogP contribution < -0.4 is 4.74 Å². The van der Waals surface area contributed by atoms with Gasteiger partial charge in [0.15, 0.2) is 11.0 Å². The van der Waals surface area contributed by atoms with Gasteiger partial charge in [0.1, 0.15) is 11.5 Å². The summed E-state index contributed by atoms with van der Waals surface area (Å²) in [6.45, 7) is 0.984. The molecule has 0 N–H and O–H groups in total. The van der Waals surface area contributed by atoms with Crippen LogP contribution in [0.2, 0.25) is 10.0 Å². The summed E-state index contributed by atoms with van der Waals surface area (Å²) in [6.07, 6.45) is 5.15. The van der Waals surface area contributed by atoms with Crippen molar-refractivity contribution in [1.82, 2.24) is 19.7 Å². The Hall–Kier alpha value is -2.48.